The number of rotatable bonds is 2. The first-order valence-corrected chi connectivity index (χ1v) is 7.50. The van der Waals surface area contributed by atoms with Gasteiger partial charge < -0.3 is 15.0 Å². The van der Waals surface area contributed by atoms with E-state index in [0.717, 1.165) is 38.0 Å². The Hall–Kier alpha value is -1.39. The van der Waals surface area contributed by atoms with Gasteiger partial charge in [0.25, 0.3) is 0 Å². The SMILES string of the molecule is O=C([C@@H]1CCCNC1)N1CCOC(c2ccccc2)C1. The zero-order chi connectivity index (χ0) is 13.8. The first kappa shape index (κ1) is 13.6. The minimum Gasteiger partial charge on any atom is -0.370 e. The molecule has 0 bridgehead atoms. The van der Waals surface area contributed by atoms with E-state index in [1.807, 2.05) is 23.1 Å². The molecule has 1 unspecified atom stereocenters. The van der Waals surface area contributed by atoms with E-state index in [-0.39, 0.29) is 12.0 Å². The Morgan fingerprint density at radius 2 is 2.15 bits per heavy atom. The lowest BCUT2D eigenvalue weighted by molar-refractivity contribution is -0.143. The van der Waals surface area contributed by atoms with Gasteiger partial charge in [-0.3, -0.25) is 4.79 Å². The van der Waals surface area contributed by atoms with Crippen LogP contribution in [0.2, 0.25) is 0 Å². The molecule has 2 aliphatic heterocycles. The van der Waals surface area contributed by atoms with Crippen molar-refractivity contribution in [3.8, 4) is 0 Å². The van der Waals surface area contributed by atoms with Gasteiger partial charge >= 0.3 is 0 Å². The van der Waals surface area contributed by atoms with Gasteiger partial charge in [0.05, 0.1) is 19.1 Å². The van der Waals surface area contributed by atoms with Gasteiger partial charge in [0.15, 0.2) is 0 Å². The average molecular weight is 274 g/mol. The summed E-state index contributed by atoms with van der Waals surface area (Å²) in [6.45, 7) is 3.90. The molecule has 2 fully saturated rings. The highest BCUT2D eigenvalue weighted by Crippen LogP contribution is 2.24. The Morgan fingerprint density at radius 3 is 2.90 bits per heavy atom. The van der Waals surface area contributed by atoms with Crippen molar-refractivity contribution in [1.82, 2.24) is 10.2 Å². The zero-order valence-electron chi connectivity index (χ0n) is 11.8. The van der Waals surface area contributed by atoms with Crippen LogP contribution < -0.4 is 5.32 Å². The summed E-state index contributed by atoms with van der Waals surface area (Å²) < 4.78 is 5.82. The fourth-order valence-corrected chi connectivity index (χ4v) is 3.04. The first-order chi connectivity index (χ1) is 9.84. The van der Waals surface area contributed by atoms with Crippen molar-refractivity contribution in [2.24, 2.45) is 5.92 Å². The van der Waals surface area contributed by atoms with Crippen molar-refractivity contribution >= 4 is 5.91 Å². The molecule has 1 aromatic rings. The molecule has 1 amide bonds. The van der Waals surface area contributed by atoms with Crippen LogP contribution in [0.25, 0.3) is 0 Å². The standard InChI is InChI=1S/C16H22N2O2/c19-16(14-7-4-8-17-11-14)18-9-10-20-15(12-18)13-5-2-1-3-6-13/h1-3,5-6,14-15,17H,4,7-12H2/t14-,15?/m1/s1. The van der Waals surface area contributed by atoms with E-state index in [1.54, 1.807) is 0 Å². The minimum atomic E-state index is 0.0189. The quantitative estimate of drug-likeness (QED) is 0.890. The van der Waals surface area contributed by atoms with Gasteiger partial charge in [-0.25, -0.2) is 0 Å². The highest BCUT2D eigenvalue weighted by molar-refractivity contribution is 5.79. The number of carbonyl (C=O) groups excluding carboxylic acids is 1. The molecule has 2 heterocycles. The number of piperidine rings is 1. The third-order valence-electron chi connectivity index (χ3n) is 4.20. The van der Waals surface area contributed by atoms with Gasteiger partial charge in [0, 0.05) is 13.1 Å². The summed E-state index contributed by atoms with van der Waals surface area (Å²) in [4.78, 5) is 14.5. The van der Waals surface area contributed by atoms with Crippen molar-refractivity contribution in [3.63, 3.8) is 0 Å². The largest absolute Gasteiger partial charge is 0.370 e. The van der Waals surface area contributed by atoms with Crippen molar-refractivity contribution in [2.45, 2.75) is 18.9 Å². The maximum atomic E-state index is 12.6. The van der Waals surface area contributed by atoms with Crippen LogP contribution in [-0.2, 0) is 9.53 Å². The topological polar surface area (TPSA) is 41.6 Å². The van der Waals surface area contributed by atoms with Crippen molar-refractivity contribution in [2.75, 3.05) is 32.8 Å². The summed E-state index contributed by atoms with van der Waals surface area (Å²) in [5, 5.41) is 3.32. The molecule has 4 nitrogen and oxygen atoms in total. The smallest absolute Gasteiger partial charge is 0.227 e. The second-order valence-corrected chi connectivity index (χ2v) is 5.60. The average Bonchev–Trinajstić information content (AvgIpc) is 2.56. The monoisotopic (exact) mass is 274 g/mol. The van der Waals surface area contributed by atoms with Crippen molar-refractivity contribution in [3.05, 3.63) is 35.9 Å². The van der Waals surface area contributed by atoms with Crippen LogP contribution >= 0.6 is 0 Å². The molecule has 0 radical (unpaired) electrons. The molecular weight excluding hydrogens is 252 g/mol. The molecule has 1 N–H and O–H groups in total. The number of nitrogens with zero attached hydrogens (tertiary/aromatic N) is 1. The van der Waals surface area contributed by atoms with E-state index in [4.69, 9.17) is 4.74 Å². The Kier molecular flexibility index (Phi) is 4.33. The molecule has 0 aromatic heterocycles. The zero-order valence-corrected chi connectivity index (χ0v) is 11.8. The van der Waals surface area contributed by atoms with Crippen LogP contribution in [0.5, 0.6) is 0 Å². The van der Waals surface area contributed by atoms with Crippen LogP contribution in [-0.4, -0.2) is 43.6 Å². The number of amides is 1. The van der Waals surface area contributed by atoms with E-state index >= 15 is 0 Å². The number of carbonyl (C=O) groups is 1. The molecule has 2 atom stereocenters. The van der Waals surface area contributed by atoms with Gasteiger partial charge in [0.2, 0.25) is 5.91 Å². The molecular formula is C16H22N2O2. The summed E-state index contributed by atoms with van der Waals surface area (Å²) in [6, 6.07) is 10.2. The molecule has 108 valence electrons. The van der Waals surface area contributed by atoms with Crippen molar-refractivity contribution in [1.29, 1.82) is 0 Å². The summed E-state index contributed by atoms with van der Waals surface area (Å²) in [7, 11) is 0. The molecule has 0 spiro atoms. The summed E-state index contributed by atoms with van der Waals surface area (Å²) in [5.41, 5.74) is 1.16. The lowest BCUT2D eigenvalue weighted by Gasteiger charge is -2.36. The van der Waals surface area contributed by atoms with Crippen LogP contribution in [0.15, 0.2) is 30.3 Å². The van der Waals surface area contributed by atoms with E-state index in [0.29, 0.717) is 19.1 Å². The Bertz CT molecular complexity index is 443. The normalized spacial score (nSPS) is 27.3. The van der Waals surface area contributed by atoms with E-state index in [9.17, 15) is 4.79 Å². The van der Waals surface area contributed by atoms with Gasteiger partial charge in [-0.15, -0.1) is 0 Å². The Balaban J connectivity index is 1.64. The molecule has 3 rings (SSSR count). The number of ether oxygens (including phenoxy) is 1. The molecule has 4 heteroatoms. The summed E-state index contributed by atoms with van der Waals surface area (Å²) in [6.07, 6.45) is 2.13. The first-order valence-electron chi connectivity index (χ1n) is 7.50. The number of morpholine rings is 1. The fourth-order valence-electron chi connectivity index (χ4n) is 3.04. The maximum absolute atomic E-state index is 12.6. The van der Waals surface area contributed by atoms with Crippen molar-refractivity contribution < 1.29 is 9.53 Å². The Labute approximate surface area is 120 Å². The number of nitrogens with one attached hydrogen (secondary N) is 1. The molecule has 2 aliphatic rings. The predicted octanol–water partition coefficient (Wildman–Crippen LogP) is 1.59. The minimum absolute atomic E-state index is 0.0189. The second kappa shape index (κ2) is 6.37. The number of hydrogen-bond acceptors (Lipinski definition) is 3. The molecule has 2 saturated heterocycles. The highest BCUT2D eigenvalue weighted by atomic mass is 16.5. The van der Waals surface area contributed by atoms with Gasteiger partial charge in [-0.05, 0) is 24.9 Å². The molecule has 1 aromatic carbocycles. The van der Waals surface area contributed by atoms with E-state index < -0.39 is 0 Å². The summed E-state index contributed by atoms with van der Waals surface area (Å²) in [5.74, 6) is 0.444. The van der Waals surface area contributed by atoms with E-state index in [2.05, 4.69) is 17.4 Å². The van der Waals surface area contributed by atoms with E-state index in [1.165, 1.54) is 0 Å². The van der Waals surface area contributed by atoms with Gasteiger partial charge in [-0.2, -0.15) is 0 Å². The van der Waals surface area contributed by atoms with Gasteiger partial charge in [0.1, 0.15) is 6.10 Å². The third kappa shape index (κ3) is 3.02. The second-order valence-electron chi connectivity index (χ2n) is 5.60. The lowest BCUT2D eigenvalue weighted by Crippen LogP contribution is -2.48. The maximum Gasteiger partial charge on any atom is 0.227 e. The van der Waals surface area contributed by atoms with Crippen LogP contribution in [0.4, 0.5) is 0 Å². The molecule has 0 aliphatic carbocycles. The van der Waals surface area contributed by atoms with Crippen LogP contribution in [0.3, 0.4) is 0 Å². The van der Waals surface area contributed by atoms with Crippen LogP contribution in [0, 0.1) is 5.92 Å². The fraction of sp³-hybridized carbons (Fsp3) is 0.562. The number of hydrogen-bond donors (Lipinski definition) is 1. The Morgan fingerprint density at radius 1 is 1.30 bits per heavy atom. The molecule has 0 saturated carbocycles. The highest BCUT2D eigenvalue weighted by Gasteiger charge is 2.30. The number of benzene rings is 1. The van der Waals surface area contributed by atoms with Gasteiger partial charge in [-0.1, -0.05) is 30.3 Å². The third-order valence-corrected chi connectivity index (χ3v) is 4.20. The predicted molar refractivity (Wildman–Crippen MR) is 77.3 cm³/mol. The summed E-state index contributed by atoms with van der Waals surface area (Å²) >= 11 is 0. The lowest BCUT2D eigenvalue weighted by atomic mass is 9.97. The molecule has 20 heavy (non-hydrogen) atoms. The van der Waals surface area contributed by atoms with Crippen LogP contribution in [0.1, 0.15) is 24.5 Å².